The highest BCUT2D eigenvalue weighted by atomic mass is 32.1. The first kappa shape index (κ1) is 17.3. The number of thiol groups is 1. The van der Waals surface area contributed by atoms with Crippen molar-refractivity contribution in [1.82, 2.24) is 5.32 Å². The Balaban J connectivity index is 2.35. The number of unbranched alkanes of at least 4 members (excludes halogenated alkanes) is 1. The van der Waals surface area contributed by atoms with Crippen LogP contribution in [0.4, 0.5) is 0 Å². The lowest BCUT2D eigenvalue weighted by Crippen LogP contribution is -2.38. The Bertz CT molecular complexity index is 215. The number of rotatable bonds is 9. The molecule has 3 atom stereocenters. The Hall–Kier alpha value is 0.270. The zero-order chi connectivity index (χ0) is 14.1. The lowest BCUT2D eigenvalue weighted by Gasteiger charge is -2.31. The molecule has 3 unspecified atom stereocenters. The van der Waals surface area contributed by atoms with E-state index >= 15 is 0 Å². The standard InChI is InChI=1S/C16H34N2S/c1-3-4-10-15(18-12-16(17)19)11-13(2)14-8-6-5-7-9-14/h13-16,18-19H,3-12,17H2,1-2H3. The van der Waals surface area contributed by atoms with E-state index in [1.165, 1.54) is 57.8 Å². The fourth-order valence-electron chi connectivity index (χ4n) is 3.39. The van der Waals surface area contributed by atoms with Crippen molar-refractivity contribution < 1.29 is 0 Å². The third-order valence-electron chi connectivity index (χ3n) is 4.63. The van der Waals surface area contributed by atoms with E-state index in [4.69, 9.17) is 5.73 Å². The molecule has 0 aromatic rings. The SMILES string of the molecule is CCCCC(CC(C)C1CCCCC1)NCC(N)S. The molecule has 0 aliphatic heterocycles. The molecule has 1 aliphatic rings. The molecule has 0 aromatic heterocycles. The topological polar surface area (TPSA) is 38.0 Å². The zero-order valence-corrected chi connectivity index (χ0v) is 13.8. The van der Waals surface area contributed by atoms with E-state index < -0.39 is 0 Å². The molecule has 0 aromatic carbocycles. The van der Waals surface area contributed by atoms with E-state index in [2.05, 4.69) is 31.8 Å². The molecule has 1 fully saturated rings. The van der Waals surface area contributed by atoms with E-state index in [0.717, 1.165) is 18.4 Å². The van der Waals surface area contributed by atoms with Crippen LogP contribution in [0.2, 0.25) is 0 Å². The van der Waals surface area contributed by atoms with E-state index in [1.807, 2.05) is 0 Å². The van der Waals surface area contributed by atoms with Crippen molar-refractivity contribution in [1.29, 1.82) is 0 Å². The van der Waals surface area contributed by atoms with Crippen molar-refractivity contribution in [2.75, 3.05) is 6.54 Å². The van der Waals surface area contributed by atoms with Crippen LogP contribution in [0.5, 0.6) is 0 Å². The maximum atomic E-state index is 5.74. The van der Waals surface area contributed by atoms with Gasteiger partial charge < -0.3 is 11.1 Å². The molecule has 0 bridgehead atoms. The summed E-state index contributed by atoms with van der Waals surface area (Å²) in [7, 11) is 0. The maximum absolute atomic E-state index is 5.74. The highest BCUT2D eigenvalue weighted by Gasteiger charge is 2.22. The Labute approximate surface area is 125 Å². The Kier molecular flexibility index (Phi) is 9.17. The van der Waals surface area contributed by atoms with Crippen molar-refractivity contribution >= 4 is 12.6 Å². The average Bonchev–Trinajstić information content (AvgIpc) is 2.42. The van der Waals surface area contributed by atoms with Crippen LogP contribution in [0.15, 0.2) is 0 Å². The minimum atomic E-state index is -0.0332. The molecule has 1 rings (SSSR count). The second-order valence-corrected chi connectivity index (χ2v) is 7.09. The maximum Gasteiger partial charge on any atom is 0.0604 e. The molecule has 1 saturated carbocycles. The molecule has 3 N–H and O–H groups in total. The third-order valence-corrected chi connectivity index (χ3v) is 4.82. The molecule has 2 nitrogen and oxygen atoms in total. The van der Waals surface area contributed by atoms with Crippen LogP contribution < -0.4 is 11.1 Å². The number of nitrogens with one attached hydrogen (secondary N) is 1. The first-order valence-electron chi connectivity index (χ1n) is 8.30. The molecule has 0 heterocycles. The van der Waals surface area contributed by atoms with Gasteiger partial charge in [0.2, 0.25) is 0 Å². The highest BCUT2D eigenvalue weighted by Crippen LogP contribution is 2.32. The second-order valence-electron chi connectivity index (χ2n) is 6.43. The summed E-state index contributed by atoms with van der Waals surface area (Å²) in [5.74, 6) is 1.81. The van der Waals surface area contributed by atoms with Gasteiger partial charge in [0.05, 0.1) is 5.37 Å². The van der Waals surface area contributed by atoms with Crippen molar-refractivity contribution in [2.24, 2.45) is 17.6 Å². The summed E-state index contributed by atoms with van der Waals surface area (Å²) in [6.45, 7) is 5.55. The molecule has 3 heteroatoms. The van der Waals surface area contributed by atoms with Crippen LogP contribution >= 0.6 is 12.6 Å². The third kappa shape index (κ3) is 7.57. The van der Waals surface area contributed by atoms with Gasteiger partial charge in [0, 0.05) is 12.6 Å². The predicted molar refractivity (Wildman–Crippen MR) is 88.6 cm³/mol. The summed E-state index contributed by atoms with van der Waals surface area (Å²) >= 11 is 4.27. The van der Waals surface area contributed by atoms with Gasteiger partial charge in [0.25, 0.3) is 0 Å². The summed E-state index contributed by atoms with van der Waals surface area (Å²) in [5.41, 5.74) is 5.74. The van der Waals surface area contributed by atoms with Gasteiger partial charge >= 0.3 is 0 Å². The quantitative estimate of drug-likeness (QED) is 0.443. The largest absolute Gasteiger partial charge is 0.319 e. The summed E-state index contributed by atoms with van der Waals surface area (Å²) in [6, 6.07) is 0.634. The normalized spacial score (nSPS) is 22.1. The lowest BCUT2D eigenvalue weighted by molar-refractivity contribution is 0.228. The van der Waals surface area contributed by atoms with Crippen LogP contribution in [-0.2, 0) is 0 Å². The van der Waals surface area contributed by atoms with Gasteiger partial charge in [-0.25, -0.2) is 0 Å². The monoisotopic (exact) mass is 286 g/mol. The van der Waals surface area contributed by atoms with Crippen LogP contribution in [0.1, 0.15) is 71.6 Å². The molecular formula is C16H34N2S. The number of hydrogen-bond donors (Lipinski definition) is 3. The summed E-state index contributed by atoms with van der Waals surface area (Å²) in [6.07, 6.45) is 12.4. The molecule has 0 radical (unpaired) electrons. The lowest BCUT2D eigenvalue weighted by atomic mass is 9.78. The van der Waals surface area contributed by atoms with Crippen LogP contribution in [0.25, 0.3) is 0 Å². The molecule has 0 spiro atoms. The number of hydrogen-bond acceptors (Lipinski definition) is 3. The molecule has 19 heavy (non-hydrogen) atoms. The minimum Gasteiger partial charge on any atom is -0.319 e. The second kappa shape index (κ2) is 10.1. The van der Waals surface area contributed by atoms with E-state index in [1.54, 1.807) is 0 Å². The Morgan fingerprint density at radius 1 is 1.26 bits per heavy atom. The van der Waals surface area contributed by atoms with Gasteiger partial charge in [-0.05, 0) is 24.7 Å². The van der Waals surface area contributed by atoms with E-state index in [-0.39, 0.29) is 5.37 Å². The van der Waals surface area contributed by atoms with Crippen molar-refractivity contribution in [2.45, 2.75) is 83.1 Å². The minimum absolute atomic E-state index is 0.0332. The van der Waals surface area contributed by atoms with E-state index in [0.29, 0.717) is 6.04 Å². The number of nitrogens with two attached hydrogens (primary N) is 1. The predicted octanol–water partition coefficient (Wildman–Crippen LogP) is 3.96. The van der Waals surface area contributed by atoms with Crippen molar-refractivity contribution in [3.05, 3.63) is 0 Å². The smallest absolute Gasteiger partial charge is 0.0604 e. The fraction of sp³-hybridized carbons (Fsp3) is 1.00. The Morgan fingerprint density at radius 3 is 2.53 bits per heavy atom. The molecule has 0 amide bonds. The van der Waals surface area contributed by atoms with Crippen LogP contribution in [0, 0.1) is 11.8 Å². The average molecular weight is 287 g/mol. The van der Waals surface area contributed by atoms with Gasteiger partial charge in [0.1, 0.15) is 0 Å². The molecular weight excluding hydrogens is 252 g/mol. The Morgan fingerprint density at radius 2 is 1.95 bits per heavy atom. The summed E-state index contributed by atoms with van der Waals surface area (Å²) in [5, 5.41) is 3.59. The zero-order valence-electron chi connectivity index (χ0n) is 12.9. The molecule has 114 valence electrons. The van der Waals surface area contributed by atoms with Gasteiger partial charge in [-0.3, -0.25) is 0 Å². The van der Waals surface area contributed by atoms with Crippen LogP contribution in [-0.4, -0.2) is 18.0 Å². The van der Waals surface area contributed by atoms with Gasteiger partial charge in [-0.15, -0.1) is 0 Å². The van der Waals surface area contributed by atoms with Gasteiger partial charge in [0.15, 0.2) is 0 Å². The first-order chi connectivity index (χ1) is 9.13. The van der Waals surface area contributed by atoms with Crippen molar-refractivity contribution in [3.63, 3.8) is 0 Å². The van der Waals surface area contributed by atoms with Gasteiger partial charge in [-0.1, -0.05) is 58.8 Å². The first-order valence-corrected chi connectivity index (χ1v) is 8.82. The highest BCUT2D eigenvalue weighted by molar-refractivity contribution is 7.80. The molecule has 1 aliphatic carbocycles. The van der Waals surface area contributed by atoms with Crippen molar-refractivity contribution in [3.8, 4) is 0 Å². The summed E-state index contributed by atoms with van der Waals surface area (Å²) in [4.78, 5) is 0. The van der Waals surface area contributed by atoms with Crippen LogP contribution in [0.3, 0.4) is 0 Å². The fourth-order valence-corrected chi connectivity index (χ4v) is 3.49. The van der Waals surface area contributed by atoms with Gasteiger partial charge in [-0.2, -0.15) is 12.6 Å². The summed E-state index contributed by atoms with van der Waals surface area (Å²) < 4.78 is 0. The van der Waals surface area contributed by atoms with E-state index in [9.17, 15) is 0 Å². The molecule has 0 saturated heterocycles.